The molecule has 0 amide bonds. The first-order valence-corrected chi connectivity index (χ1v) is 6.13. The van der Waals surface area contributed by atoms with Gasteiger partial charge in [-0.15, -0.1) is 0 Å². The Morgan fingerprint density at radius 2 is 2.06 bits per heavy atom. The van der Waals surface area contributed by atoms with Crippen LogP contribution in [-0.2, 0) is 0 Å². The second-order valence-corrected chi connectivity index (χ2v) is 4.66. The lowest BCUT2D eigenvalue weighted by molar-refractivity contribution is 0.414. The first-order chi connectivity index (χ1) is 8.60. The van der Waals surface area contributed by atoms with Gasteiger partial charge in [-0.25, -0.2) is 4.98 Å². The fourth-order valence-corrected chi connectivity index (χ4v) is 2.03. The van der Waals surface area contributed by atoms with Crippen LogP contribution in [0.15, 0.2) is 34.9 Å². The highest BCUT2D eigenvalue weighted by atomic mass is 79.9. The van der Waals surface area contributed by atoms with Gasteiger partial charge in [-0.1, -0.05) is 0 Å². The van der Waals surface area contributed by atoms with Crippen LogP contribution in [0.2, 0.25) is 0 Å². The van der Waals surface area contributed by atoms with Crippen molar-refractivity contribution in [3.63, 3.8) is 0 Å². The maximum Gasteiger partial charge on any atom is 0.233 e. The molecule has 0 aliphatic carbocycles. The van der Waals surface area contributed by atoms with Gasteiger partial charge >= 0.3 is 0 Å². The highest BCUT2D eigenvalue weighted by Crippen LogP contribution is 2.31. The summed E-state index contributed by atoms with van der Waals surface area (Å²) < 4.78 is 11.5. The van der Waals surface area contributed by atoms with E-state index >= 15 is 0 Å². The van der Waals surface area contributed by atoms with Crippen molar-refractivity contribution in [2.75, 3.05) is 12.8 Å². The van der Waals surface area contributed by atoms with Gasteiger partial charge in [-0.2, -0.15) is 0 Å². The van der Waals surface area contributed by atoms with E-state index in [1.165, 1.54) is 0 Å². The molecule has 0 saturated heterocycles. The molecule has 94 valence electrons. The highest BCUT2D eigenvalue weighted by Gasteiger charge is 2.06. The third kappa shape index (κ3) is 2.73. The number of halogens is 1. The van der Waals surface area contributed by atoms with Crippen LogP contribution in [0.5, 0.6) is 17.4 Å². The molecule has 1 aromatic heterocycles. The van der Waals surface area contributed by atoms with Crippen LogP contribution < -0.4 is 15.2 Å². The number of ether oxygens (including phenoxy) is 2. The van der Waals surface area contributed by atoms with E-state index in [0.717, 1.165) is 10.0 Å². The molecular weight excluding hydrogens is 296 g/mol. The van der Waals surface area contributed by atoms with Crippen LogP contribution in [0, 0.1) is 6.92 Å². The summed E-state index contributed by atoms with van der Waals surface area (Å²) in [4.78, 5) is 4.20. The maximum atomic E-state index is 5.81. The summed E-state index contributed by atoms with van der Waals surface area (Å²) in [6.45, 7) is 1.97. The van der Waals surface area contributed by atoms with E-state index in [9.17, 15) is 0 Å². The Bertz CT molecular complexity index is 573. The summed E-state index contributed by atoms with van der Waals surface area (Å²) in [5.74, 6) is 1.74. The first-order valence-electron chi connectivity index (χ1n) is 5.33. The topological polar surface area (TPSA) is 57.4 Å². The SMILES string of the molecule is COc1ccc(Oc2ncc(C)cc2Br)cc1N. The first kappa shape index (κ1) is 12.7. The molecule has 0 atom stereocenters. The number of hydrogen-bond acceptors (Lipinski definition) is 4. The highest BCUT2D eigenvalue weighted by molar-refractivity contribution is 9.10. The number of hydrogen-bond donors (Lipinski definition) is 1. The monoisotopic (exact) mass is 308 g/mol. The van der Waals surface area contributed by atoms with Gasteiger partial charge in [0.05, 0.1) is 17.3 Å². The van der Waals surface area contributed by atoms with E-state index in [1.807, 2.05) is 13.0 Å². The van der Waals surface area contributed by atoms with Crippen molar-refractivity contribution in [1.29, 1.82) is 0 Å². The van der Waals surface area contributed by atoms with Crippen LogP contribution in [0.3, 0.4) is 0 Å². The molecule has 2 N–H and O–H groups in total. The smallest absolute Gasteiger partial charge is 0.233 e. The normalized spacial score (nSPS) is 10.2. The summed E-state index contributed by atoms with van der Waals surface area (Å²) >= 11 is 3.41. The Hall–Kier alpha value is -1.75. The Morgan fingerprint density at radius 3 is 2.67 bits per heavy atom. The Kier molecular flexibility index (Phi) is 3.72. The molecule has 2 rings (SSSR count). The fraction of sp³-hybridized carbons (Fsp3) is 0.154. The average molecular weight is 309 g/mol. The van der Waals surface area contributed by atoms with E-state index in [-0.39, 0.29) is 0 Å². The van der Waals surface area contributed by atoms with Crippen LogP contribution in [0.4, 0.5) is 5.69 Å². The van der Waals surface area contributed by atoms with Gasteiger partial charge in [0.25, 0.3) is 0 Å². The van der Waals surface area contributed by atoms with Gasteiger partial charge in [0, 0.05) is 12.3 Å². The van der Waals surface area contributed by atoms with E-state index < -0.39 is 0 Å². The predicted molar refractivity (Wildman–Crippen MR) is 74.2 cm³/mol. The molecule has 0 aliphatic heterocycles. The molecule has 0 unspecified atom stereocenters. The van der Waals surface area contributed by atoms with Gasteiger partial charge in [-0.05, 0) is 46.6 Å². The fourth-order valence-electron chi connectivity index (χ4n) is 1.48. The standard InChI is InChI=1S/C13H13BrN2O2/c1-8-5-10(14)13(16-7-8)18-9-3-4-12(17-2)11(15)6-9/h3-7H,15H2,1-2H3. The molecular formula is C13H13BrN2O2. The van der Waals surface area contributed by atoms with Crippen molar-refractivity contribution in [3.05, 3.63) is 40.5 Å². The number of benzene rings is 1. The number of anilines is 1. The van der Waals surface area contributed by atoms with Crippen molar-refractivity contribution in [2.45, 2.75) is 6.92 Å². The number of nitrogens with two attached hydrogens (primary N) is 1. The van der Waals surface area contributed by atoms with Crippen molar-refractivity contribution in [2.24, 2.45) is 0 Å². The maximum absolute atomic E-state index is 5.81. The summed E-state index contributed by atoms with van der Waals surface area (Å²) in [6, 6.07) is 7.18. The second-order valence-electron chi connectivity index (χ2n) is 3.81. The van der Waals surface area contributed by atoms with Crippen molar-refractivity contribution in [3.8, 4) is 17.4 Å². The minimum Gasteiger partial charge on any atom is -0.495 e. The van der Waals surface area contributed by atoms with Gasteiger partial charge < -0.3 is 15.2 Å². The van der Waals surface area contributed by atoms with E-state index in [0.29, 0.717) is 23.1 Å². The zero-order valence-corrected chi connectivity index (χ0v) is 11.7. The third-order valence-electron chi connectivity index (χ3n) is 2.36. The molecule has 1 heterocycles. The molecule has 0 radical (unpaired) electrons. The minimum atomic E-state index is 0.505. The third-order valence-corrected chi connectivity index (χ3v) is 2.93. The number of nitrogens with zero attached hydrogens (tertiary/aromatic N) is 1. The Labute approximate surface area is 114 Å². The summed E-state index contributed by atoms with van der Waals surface area (Å²) in [5, 5.41) is 0. The summed E-state index contributed by atoms with van der Waals surface area (Å²) in [5.41, 5.74) is 7.40. The molecule has 2 aromatic rings. The number of pyridine rings is 1. The molecule has 1 aromatic carbocycles. The predicted octanol–water partition coefficient (Wildman–Crippen LogP) is 3.54. The number of nitrogen functional groups attached to an aromatic ring is 1. The second kappa shape index (κ2) is 5.27. The average Bonchev–Trinajstić information content (AvgIpc) is 2.33. The van der Waals surface area contributed by atoms with E-state index in [4.69, 9.17) is 15.2 Å². The molecule has 0 aliphatic rings. The van der Waals surface area contributed by atoms with Crippen molar-refractivity contribution in [1.82, 2.24) is 4.98 Å². The van der Waals surface area contributed by atoms with Gasteiger partial charge in [-0.3, -0.25) is 0 Å². The van der Waals surface area contributed by atoms with Crippen LogP contribution in [0.25, 0.3) is 0 Å². The van der Waals surface area contributed by atoms with Crippen LogP contribution >= 0.6 is 15.9 Å². The Balaban J connectivity index is 2.26. The quantitative estimate of drug-likeness (QED) is 0.881. The van der Waals surface area contributed by atoms with Gasteiger partial charge in [0.1, 0.15) is 11.5 Å². The van der Waals surface area contributed by atoms with Crippen molar-refractivity contribution < 1.29 is 9.47 Å². The minimum absolute atomic E-state index is 0.505. The molecule has 0 saturated carbocycles. The molecule has 5 heteroatoms. The lowest BCUT2D eigenvalue weighted by Crippen LogP contribution is -1.94. The zero-order valence-electron chi connectivity index (χ0n) is 10.1. The molecule has 18 heavy (non-hydrogen) atoms. The number of aryl methyl sites for hydroxylation is 1. The lowest BCUT2D eigenvalue weighted by Gasteiger charge is -2.09. The zero-order chi connectivity index (χ0) is 13.1. The van der Waals surface area contributed by atoms with Crippen LogP contribution in [0.1, 0.15) is 5.56 Å². The van der Waals surface area contributed by atoms with E-state index in [1.54, 1.807) is 31.5 Å². The largest absolute Gasteiger partial charge is 0.495 e. The number of rotatable bonds is 3. The summed E-state index contributed by atoms with van der Waals surface area (Å²) in [6.07, 6.45) is 1.74. The van der Waals surface area contributed by atoms with E-state index in [2.05, 4.69) is 20.9 Å². The van der Waals surface area contributed by atoms with Crippen LogP contribution in [-0.4, -0.2) is 12.1 Å². The molecule has 0 spiro atoms. The lowest BCUT2D eigenvalue weighted by atomic mass is 10.3. The Morgan fingerprint density at radius 1 is 1.28 bits per heavy atom. The number of aromatic nitrogens is 1. The van der Waals surface area contributed by atoms with Gasteiger partial charge in [0.2, 0.25) is 5.88 Å². The van der Waals surface area contributed by atoms with Gasteiger partial charge in [0.15, 0.2) is 0 Å². The molecule has 4 nitrogen and oxygen atoms in total. The van der Waals surface area contributed by atoms with Crippen molar-refractivity contribution >= 4 is 21.6 Å². The molecule has 0 bridgehead atoms. The molecule has 0 fully saturated rings. The summed E-state index contributed by atoms with van der Waals surface area (Å²) in [7, 11) is 1.57. The number of methoxy groups -OCH3 is 1.